The largest absolute Gasteiger partial charge is 0.162 e. The molecule has 0 unspecified atom stereocenters. The lowest BCUT2D eigenvalue weighted by Crippen LogP contribution is -1.84. The van der Waals surface area contributed by atoms with Crippen LogP contribution in [0.3, 0.4) is 0 Å². The summed E-state index contributed by atoms with van der Waals surface area (Å²) in [6.07, 6.45) is 12.9. The highest BCUT2D eigenvalue weighted by Gasteiger charge is 1.91. The van der Waals surface area contributed by atoms with Gasteiger partial charge in [-0.2, -0.15) is 11.8 Å². The maximum atomic E-state index is 2.28. The normalized spacial score (nSPS) is 10.7. The molecule has 0 saturated carbocycles. The molecule has 0 nitrogen and oxygen atoms in total. The summed E-state index contributed by atoms with van der Waals surface area (Å²) in [7, 11) is 0. The van der Waals surface area contributed by atoms with Gasteiger partial charge in [0.25, 0.3) is 0 Å². The van der Waals surface area contributed by atoms with Gasteiger partial charge in [0.1, 0.15) is 0 Å². The molecule has 0 aliphatic carbocycles. The second-order valence-corrected chi connectivity index (χ2v) is 5.31. The lowest BCUT2D eigenvalue weighted by Gasteiger charge is -2.01. The van der Waals surface area contributed by atoms with Crippen LogP contribution in [0.25, 0.3) is 0 Å². The van der Waals surface area contributed by atoms with Crippen LogP contribution in [-0.4, -0.2) is 11.5 Å². The Balaban J connectivity index is 2.78. The van der Waals surface area contributed by atoms with E-state index in [9.17, 15) is 0 Å². The summed E-state index contributed by atoms with van der Waals surface area (Å²) in [5.74, 6) is 2.75. The van der Waals surface area contributed by atoms with Crippen molar-refractivity contribution in [3.8, 4) is 0 Å². The molecule has 14 heavy (non-hydrogen) atoms. The number of rotatable bonds is 11. The summed E-state index contributed by atoms with van der Waals surface area (Å²) in [6.45, 7) is 4.55. The van der Waals surface area contributed by atoms with Gasteiger partial charge in [-0.15, -0.1) is 0 Å². The van der Waals surface area contributed by atoms with E-state index in [1.165, 1.54) is 69.3 Å². The van der Waals surface area contributed by atoms with Crippen molar-refractivity contribution in [2.75, 3.05) is 11.5 Å². The highest BCUT2D eigenvalue weighted by molar-refractivity contribution is 7.99. The molecule has 0 spiro atoms. The minimum atomic E-state index is 1.34. The van der Waals surface area contributed by atoms with E-state index in [2.05, 4.69) is 25.6 Å². The van der Waals surface area contributed by atoms with Crippen LogP contribution in [0.5, 0.6) is 0 Å². The molecule has 0 aliphatic heterocycles. The first-order valence-corrected chi connectivity index (χ1v) is 7.65. The highest BCUT2D eigenvalue weighted by Crippen LogP contribution is 2.11. The molecule has 86 valence electrons. The van der Waals surface area contributed by atoms with Crippen molar-refractivity contribution in [2.24, 2.45) is 0 Å². The smallest absolute Gasteiger partial charge is 0.00675 e. The monoisotopic (exact) mass is 216 g/mol. The van der Waals surface area contributed by atoms with Crippen LogP contribution in [0.4, 0.5) is 0 Å². The third-order valence-corrected chi connectivity index (χ3v) is 3.76. The molecule has 0 rings (SSSR count). The molecule has 0 aliphatic rings. The van der Waals surface area contributed by atoms with E-state index in [0.717, 1.165) is 0 Å². The molecule has 0 heterocycles. The maximum Gasteiger partial charge on any atom is -0.00675 e. The summed E-state index contributed by atoms with van der Waals surface area (Å²) in [4.78, 5) is 0. The average Bonchev–Trinajstić information content (AvgIpc) is 2.21. The lowest BCUT2D eigenvalue weighted by molar-refractivity contribution is 0.586. The van der Waals surface area contributed by atoms with Crippen molar-refractivity contribution in [2.45, 2.75) is 71.6 Å². The quantitative estimate of drug-likeness (QED) is 0.424. The second kappa shape index (κ2) is 13.4. The lowest BCUT2D eigenvalue weighted by atomic mass is 10.1. The first kappa shape index (κ1) is 14.3. The van der Waals surface area contributed by atoms with Crippen LogP contribution in [0.2, 0.25) is 0 Å². The van der Waals surface area contributed by atoms with Crippen molar-refractivity contribution >= 4 is 11.8 Å². The van der Waals surface area contributed by atoms with Crippen LogP contribution in [0.1, 0.15) is 71.6 Å². The molecule has 0 aromatic carbocycles. The number of hydrogen-bond acceptors (Lipinski definition) is 1. The number of unbranched alkanes of at least 4 members (excludes halogenated alkanes) is 7. The Morgan fingerprint density at radius 3 is 1.71 bits per heavy atom. The standard InChI is InChI=1S/C13H28S/c1-3-5-6-7-8-9-10-11-13-14-12-4-2/h3-13H2,1-2H3. The van der Waals surface area contributed by atoms with Crippen molar-refractivity contribution in [3.05, 3.63) is 0 Å². The van der Waals surface area contributed by atoms with Gasteiger partial charge in [0, 0.05) is 0 Å². The fraction of sp³-hybridized carbons (Fsp3) is 1.00. The Kier molecular flexibility index (Phi) is 13.7. The molecule has 0 radical (unpaired) electrons. The van der Waals surface area contributed by atoms with Gasteiger partial charge in [-0.3, -0.25) is 0 Å². The zero-order valence-electron chi connectivity index (χ0n) is 10.2. The zero-order valence-corrected chi connectivity index (χ0v) is 11.0. The van der Waals surface area contributed by atoms with E-state index in [4.69, 9.17) is 0 Å². The predicted molar refractivity (Wildman–Crippen MR) is 70.2 cm³/mol. The molecule has 0 aromatic rings. The van der Waals surface area contributed by atoms with Gasteiger partial charge in [-0.05, 0) is 24.3 Å². The van der Waals surface area contributed by atoms with E-state index in [0.29, 0.717) is 0 Å². The average molecular weight is 216 g/mol. The zero-order chi connectivity index (χ0) is 10.5. The van der Waals surface area contributed by atoms with E-state index in [1.807, 2.05) is 0 Å². The van der Waals surface area contributed by atoms with Gasteiger partial charge in [0.15, 0.2) is 0 Å². The Labute approximate surface area is 95.2 Å². The van der Waals surface area contributed by atoms with Gasteiger partial charge < -0.3 is 0 Å². The van der Waals surface area contributed by atoms with Crippen molar-refractivity contribution in [3.63, 3.8) is 0 Å². The van der Waals surface area contributed by atoms with Gasteiger partial charge in [-0.1, -0.05) is 58.8 Å². The topological polar surface area (TPSA) is 0 Å². The van der Waals surface area contributed by atoms with E-state index >= 15 is 0 Å². The van der Waals surface area contributed by atoms with Crippen LogP contribution in [0.15, 0.2) is 0 Å². The molecule has 0 atom stereocenters. The molecule has 0 bridgehead atoms. The van der Waals surface area contributed by atoms with E-state index in [1.54, 1.807) is 0 Å². The molecular formula is C13H28S. The van der Waals surface area contributed by atoms with Crippen molar-refractivity contribution in [1.29, 1.82) is 0 Å². The molecule has 0 aromatic heterocycles. The fourth-order valence-electron chi connectivity index (χ4n) is 1.58. The SMILES string of the molecule is CCCCCCCCCCSCCC. The van der Waals surface area contributed by atoms with E-state index < -0.39 is 0 Å². The first-order chi connectivity index (χ1) is 6.91. The van der Waals surface area contributed by atoms with Gasteiger partial charge in [0.05, 0.1) is 0 Å². The van der Waals surface area contributed by atoms with Crippen molar-refractivity contribution in [1.82, 2.24) is 0 Å². The second-order valence-electron chi connectivity index (χ2n) is 4.09. The highest BCUT2D eigenvalue weighted by atomic mass is 32.2. The summed E-state index contributed by atoms with van der Waals surface area (Å²) in [5, 5.41) is 0. The van der Waals surface area contributed by atoms with Gasteiger partial charge in [-0.25, -0.2) is 0 Å². The van der Waals surface area contributed by atoms with Crippen LogP contribution in [0, 0.1) is 0 Å². The van der Waals surface area contributed by atoms with Crippen LogP contribution in [-0.2, 0) is 0 Å². The Morgan fingerprint density at radius 1 is 0.571 bits per heavy atom. The minimum absolute atomic E-state index is 1.34. The number of hydrogen-bond donors (Lipinski definition) is 0. The number of thioether (sulfide) groups is 1. The van der Waals surface area contributed by atoms with Crippen LogP contribution < -0.4 is 0 Å². The summed E-state index contributed by atoms with van der Waals surface area (Å²) in [5.41, 5.74) is 0. The minimum Gasteiger partial charge on any atom is -0.162 e. The molecular weight excluding hydrogens is 188 g/mol. The van der Waals surface area contributed by atoms with Gasteiger partial charge >= 0.3 is 0 Å². The third kappa shape index (κ3) is 12.3. The maximum absolute atomic E-state index is 2.28. The summed E-state index contributed by atoms with van der Waals surface area (Å²) in [6, 6.07) is 0. The Morgan fingerprint density at radius 2 is 1.14 bits per heavy atom. The van der Waals surface area contributed by atoms with Gasteiger partial charge in [0.2, 0.25) is 0 Å². The predicted octanol–water partition coefficient (Wildman–Crippen LogP) is 5.27. The summed E-state index contributed by atoms with van der Waals surface area (Å²) >= 11 is 2.13. The fourth-order valence-corrected chi connectivity index (χ4v) is 2.49. The molecule has 0 N–H and O–H groups in total. The summed E-state index contributed by atoms with van der Waals surface area (Å²) < 4.78 is 0. The molecule has 0 fully saturated rings. The first-order valence-electron chi connectivity index (χ1n) is 6.49. The third-order valence-electron chi connectivity index (χ3n) is 2.49. The molecule has 0 amide bonds. The van der Waals surface area contributed by atoms with E-state index in [-0.39, 0.29) is 0 Å². The van der Waals surface area contributed by atoms with Crippen molar-refractivity contribution < 1.29 is 0 Å². The molecule has 0 saturated heterocycles. The Bertz CT molecular complexity index is 79.2. The van der Waals surface area contributed by atoms with Crippen LogP contribution >= 0.6 is 11.8 Å². The Hall–Kier alpha value is 0.350. The molecule has 1 heteroatoms.